The minimum Gasteiger partial charge on any atom is -0.403 e. The van der Waals surface area contributed by atoms with Gasteiger partial charge in [-0.1, -0.05) is 12.3 Å². The molecule has 1 heterocycles. The number of hydrogen-bond donors (Lipinski definition) is 1. The Hall–Kier alpha value is -1.77. The van der Waals surface area contributed by atoms with Crippen LogP contribution in [0, 0.1) is 17.3 Å². The number of rotatable bonds is 7. The minimum absolute atomic E-state index is 0.00460. The molecule has 6 nitrogen and oxygen atoms in total. The molecule has 0 bridgehead atoms. The molecular formula is C22H35NO5. The zero-order valence-electron chi connectivity index (χ0n) is 18.3. The average molecular weight is 394 g/mol. The van der Waals surface area contributed by atoms with Crippen LogP contribution in [-0.4, -0.2) is 53.3 Å². The van der Waals surface area contributed by atoms with Crippen LogP contribution in [0.1, 0.15) is 61.3 Å². The van der Waals surface area contributed by atoms with Gasteiger partial charge in [0.05, 0.1) is 13.2 Å². The first kappa shape index (κ1) is 24.3. The van der Waals surface area contributed by atoms with Crippen molar-refractivity contribution in [1.29, 1.82) is 0 Å². The first-order valence-corrected chi connectivity index (χ1v) is 9.72. The third-order valence-corrected chi connectivity index (χ3v) is 4.72. The summed E-state index contributed by atoms with van der Waals surface area (Å²) in [5.41, 5.74) is 2.06. The molecule has 6 heteroatoms. The van der Waals surface area contributed by atoms with Crippen LogP contribution in [-0.2, 0) is 14.2 Å². The number of aliphatic hydroxyl groups is 1. The maximum atomic E-state index is 12.6. The lowest BCUT2D eigenvalue weighted by Gasteiger charge is -2.43. The SMILES string of the molecule is C=C=C(OC(=O)N(C(C)C)C(C)C)C(O)CC1(CC#CC)COC(C)(C)OC1. The van der Waals surface area contributed by atoms with Crippen LogP contribution in [0.15, 0.2) is 18.1 Å². The van der Waals surface area contributed by atoms with Crippen LogP contribution in [0.3, 0.4) is 0 Å². The van der Waals surface area contributed by atoms with Crippen molar-refractivity contribution in [3.05, 3.63) is 18.1 Å². The van der Waals surface area contributed by atoms with Crippen molar-refractivity contribution in [2.75, 3.05) is 13.2 Å². The second-order valence-electron chi connectivity index (χ2n) is 8.30. The van der Waals surface area contributed by atoms with Gasteiger partial charge < -0.3 is 24.2 Å². The third kappa shape index (κ3) is 6.68. The van der Waals surface area contributed by atoms with E-state index in [9.17, 15) is 9.90 Å². The van der Waals surface area contributed by atoms with Crippen LogP contribution in [0.25, 0.3) is 0 Å². The van der Waals surface area contributed by atoms with Gasteiger partial charge in [-0.3, -0.25) is 0 Å². The summed E-state index contributed by atoms with van der Waals surface area (Å²) < 4.78 is 17.1. The zero-order chi connectivity index (χ0) is 21.5. The molecule has 1 atom stereocenters. The van der Waals surface area contributed by atoms with E-state index in [1.807, 2.05) is 41.5 Å². The van der Waals surface area contributed by atoms with Gasteiger partial charge in [0.1, 0.15) is 6.10 Å². The van der Waals surface area contributed by atoms with Gasteiger partial charge in [-0.05, 0) is 54.9 Å². The van der Waals surface area contributed by atoms with Crippen molar-refractivity contribution < 1.29 is 24.1 Å². The van der Waals surface area contributed by atoms with Gasteiger partial charge >= 0.3 is 6.09 Å². The van der Waals surface area contributed by atoms with E-state index in [2.05, 4.69) is 24.2 Å². The Morgan fingerprint density at radius 3 is 2.18 bits per heavy atom. The molecule has 1 aliphatic rings. The normalized spacial score (nSPS) is 18.6. The number of nitrogens with zero attached hydrogens (tertiary/aromatic N) is 1. The van der Waals surface area contributed by atoms with Crippen molar-refractivity contribution in [3.63, 3.8) is 0 Å². The van der Waals surface area contributed by atoms with Gasteiger partial charge in [0.25, 0.3) is 0 Å². The highest BCUT2D eigenvalue weighted by atomic mass is 16.7. The Morgan fingerprint density at radius 2 is 1.75 bits per heavy atom. The summed E-state index contributed by atoms with van der Waals surface area (Å²) >= 11 is 0. The molecule has 0 aliphatic carbocycles. The van der Waals surface area contributed by atoms with E-state index in [1.165, 1.54) is 0 Å². The summed E-state index contributed by atoms with van der Waals surface area (Å²) in [5.74, 6) is 5.27. The monoisotopic (exact) mass is 393 g/mol. The molecule has 158 valence electrons. The van der Waals surface area contributed by atoms with E-state index in [-0.39, 0.29) is 24.3 Å². The fourth-order valence-corrected chi connectivity index (χ4v) is 3.19. The largest absolute Gasteiger partial charge is 0.416 e. The second kappa shape index (κ2) is 10.1. The fraction of sp³-hybridized carbons (Fsp3) is 0.727. The molecule has 0 radical (unpaired) electrons. The summed E-state index contributed by atoms with van der Waals surface area (Å²) in [6.45, 7) is 17.4. The van der Waals surface area contributed by atoms with E-state index in [1.54, 1.807) is 11.8 Å². The van der Waals surface area contributed by atoms with Gasteiger partial charge in [0, 0.05) is 23.9 Å². The number of carbonyl (C=O) groups excluding carboxylic acids is 1. The van der Waals surface area contributed by atoms with Crippen LogP contribution < -0.4 is 0 Å². The number of ether oxygens (including phenoxy) is 3. The van der Waals surface area contributed by atoms with E-state index in [4.69, 9.17) is 14.2 Å². The lowest BCUT2D eigenvalue weighted by molar-refractivity contribution is -0.288. The zero-order valence-corrected chi connectivity index (χ0v) is 18.3. The lowest BCUT2D eigenvalue weighted by Crippen LogP contribution is -2.48. The summed E-state index contributed by atoms with van der Waals surface area (Å²) in [7, 11) is 0. The van der Waals surface area contributed by atoms with E-state index >= 15 is 0 Å². The highest BCUT2D eigenvalue weighted by Gasteiger charge is 2.42. The Bertz CT molecular complexity index is 632. The Labute approximate surface area is 169 Å². The molecule has 0 aromatic rings. The predicted octanol–water partition coefficient (Wildman–Crippen LogP) is 3.84. The minimum atomic E-state index is -1.07. The lowest BCUT2D eigenvalue weighted by atomic mass is 9.79. The molecule has 0 spiro atoms. The van der Waals surface area contributed by atoms with Crippen LogP contribution >= 0.6 is 0 Å². The van der Waals surface area contributed by atoms with Gasteiger partial charge in [-0.15, -0.1) is 11.8 Å². The van der Waals surface area contributed by atoms with Gasteiger partial charge in [-0.25, -0.2) is 4.79 Å². The quantitative estimate of drug-likeness (QED) is 0.404. The van der Waals surface area contributed by atoms with Crippen molar-refractivity contribution in [2.45, 2.75) is 85.3 Å². The Kier molecular flexibility index (Phi) is 8.78. The van der Waals surface area contributed by atoms with E-state index < -0.39 is 23.4 Å². The summed E-state index contributed by atoms with van der Waals surface area (Å²) in [6.07, 6.45) is -0.852. The summed E-state index contributed by atoms with van der Waals surface area (Å²) in [5, 5.41) is 10.8. The van der Waals surface area contributed by atoms with Crippen molar-refractivity contribution in [2.24, 2.45) is 5.41 Å². The molecule has 0 aromatic carbocycles. The Morgan fingerprint density at radius 1 is 1.21 bits per heavy atom. The van der Waals surface area contributed by atoms with Gasteiger partial charge in [-0.2, -0.15) is 0 Å². The molecule has 1 unspecified atom stereocenters. The van der Waals surface area contributed by atoms with Crippen LogP contribution in [0.5, 0.6) is 0 Å². The molecule has 1 amide bonds. The molecule has 0 saturated carbocycles. The number of amides is 1. The first-order chi connectivity index (χ1) is 13.0. The molecular weight excluding hydrogens is 358 g/mol. The highest BCUT2D eigenvalue weighted by molar-refractivity contribution is 5.69. The van der Waals surface area contributed by atoms with Crippen molar-refractivity contribution in [1.82, 2.24) is 4.90 Å². The van der Waals surface area contributed by atoms with Gasteiger partial charge in [0.2, 0.25) is 0 Å². The first-order valence-electron chi connectivity index (χ1n) is 9.72. The van der Waals surface area contributed by atoms with E-state index in [0.717, 1.165) is 0 Å². The fourth-order valence-electron chi connectivity index (χ4n) is 3.19. The van der Waals surface area contributed by atoms with E-state index in [0.29, 0.717) is 19.6 Å². The maximum Gasteiger partial charge on any atom is 0.416 e. The molecule has 1 N–H and O–H groups in total. The molecule has 0 aromatic heterocycles. The smallest absolute Gasteiger partial charge is 0.403 e. The van der Waals surface area contributed by atoms with Crippen molar-refractivity contribution in [3.8, 4) is 11.8 Å². The molecule has 1 rings (SSSR count). The number of aliphatic hydroxyl groups excluding tert-OH is 1. The molecule has 1 aliphatic heterocycles. The van der Waals surface area contributed by atoms with Crippen LogP contribution in [0.2, 0.25) is 0 Å². The standard InChI is InChI=1S/C22H35NO5/c1-9-11-12-22(14-26-21(7,8)27-15-22)13-18(24)19(10-2)28-20(25)23(16(3)4)17(5)6/h16-18,24H,2,12-15H2,1,3-8H3. The maximum absolute atomic E-state index is 12.6. The Balaban J connectivity index is 2.92. The summed E-state index contributed by atoms with van der Waals surface area (Å²) in [4.78, 5) is 14.2. The summed E-state index contributed by atoms with van der Waals surface area (Å²) in [6, 6.07) is -0.0755. The number of hydrogen-bond acceptors (Lipinski definition) is 5. The molecule has 28 heavy (non-hydrogen) atoms. The number of carbonyl (C=O) groups is 1. The molecule has 1 saturated heterocycles. The molecule has 1 fully saturated rings. The topological polar surface area (TPSA) is 68.2 Å². The van der Waals surface area contributed by atoms with Crippen molar-refractivity contribution >= 4 is 6.09 Å². The third-order valence-electron chi connectivity index (χ3n) is 4.72. The van der Waals surface area contributed by atoms with Gasteiger partial charge in [0.15, 0.2) is 11.5 Å². The predicted molar refractivity (Wildman–Crippen MR) is 108 cm³/mol. The van der Waals surface area contributed by atoms with Crippen LogP contribution in [0.4, 0.5) is 4.79 Å². The second-order valence-corrected chi connectivity index (χ2v) is 8.30. The highest BCUT2D eigenvalue weighted by Crippen LogP contribution is 2.37. The average Bonchev–Trinajstić information content (AvgIpc) is 2.59.